The highest BCUT2D eigenvalue weighted by molar-refractivity contribution is 6.30. The molecule has 0 unspecified atom stereocenters. The number of methoxy groups -OCH3 is 1. The molecule has 2 rings (SSSR count). The van der Waals surface area contributed by atoms with Gasteiger partial charge in [-0.2, -0.15) is 0 Å². The number of nitrogens with zero attached hydrogens (tertiary/aromatic N) is 1. The summed E-state index contributed by atoms with van der Waals surface area (Å²) in [5, 5.41) is 3.46. The van der Waals surface area contributed by atoms with Gasteiger partial charge in [0.05, 0.1) is 18.2 Å². The largest absolute Gasteiger partial charge is 0.467 e. The van der Waals surface area contributed by atoms with Gasteiger partial charge in [-0.15, -0.1) is 0 Å². The van der Waals surface area contributed by atoms with Crippen LogP contribution in [-0.4, -0.2) is 30.0 Å². The number of para-hydroxylation sites is 1. The first-order valence-corrected chi connectivity index (χ1v) is 6.34. The Hall–Kier alpha value is -2.14. The molecule has 0 radical (unpaired) electrons. The molecule has 1 heterocycles. The maximum atomic E-state index is 12.2. The summed E-state index contributed by atoms with van der Waals surface area (Å²) in [5.74, 6) is -0.911. The Labute approximate surface area is 120 Å². The summed E-state index contributed by atoms with van der Waals surface area (Å²) in [6, 6.07) is 7.89. The molecule has 0 bridgehead atoms. The van der Waals surface area contributed by atoms with Crippen LogP contribution in [0, 0.1) is 0 Å². The first kappa shape index (κ1) is 14.3. The fourth-order valence-electron chi connectivity index (χ4n) is 1.84. The molecular formula is C14H13ClN2O3. The van der Waals surface area contributed by atoms with Crippen molar-refractivity contribution in [3.8, 4) is 0 Å². The van der Waals surface area contributed by atoms with Crippen molar-refractivity contribution in [1.29, 1.82) is 0 Å². The van der Waals surface area contributed by atoms with E-state index >= 15 is 0 Å². The number of amides is 1. The fourth-order valence-corrected chi connectivity index (χ4v) is 2.04. The fraction of sp³-hybridized carbons (Fsp3) is 0.214. The molecule has 2 aromatic rings. The zero-order valence-corrected chi connectivity index (χ0v) is 11.8. The highest BCUT2D eigenvalue weighted by Gasteiger charge is 2.19. The zero-order valence-electron chi connectivity index (χ0n) is 11.0. The highest BCUT2D eigenvalue weighted by atomic mass is 35.5. The molecule has 5 nitrogen and oxygen atoms in total. The topological polar surface area (TPSA) is 68.3 Å². The SMILES string of the molecule is COC(=O)[C@H](C)NC(=O)c1cc(Cl)nc2ccccc12. The number of nitrogens with one attached hydrogen (secondary N) is 1. The monoisotopic (exact) mass is 292 g/mol. The lowest BCUT2D eigenvalue weighted by molar-refractivity contribution is -0.142. The molecule has 6 heteroatoms. The first-order valence-electron chi connectivity index (χ1n) is 5.97. The molecule has 0 saturated carbocycles. The van der Waals surface area contributed by atoms with Gasteiger partial charge in [-0.25, -0.2) is 9.78 Å². The summed E-state index contributed by atoms with van der Waals surface area (Å²) in [5.41, 5.74) is 0.993. The van der Waals surface area contributed by atoms with E-state index in [1.165, 1.54) is 13.2 Å². The van der Waals surface area contributed by atoms with Crippen LogP contribution >= 0.6 is 11.6 Å². The molecule has 0 saturated heterocycles. The van der Waals surface area contributed by atoms with Crippen molar-refractivity contribution in [2.75, 3.05) is 7.11 Å². The minimum atomic E-state index is -0.738. The molecule has 0 aliphatic rings. The van der Waals surface area contributed by atoms with E-state index < -0.39 is 17.9 Å². The number of benzene rings is 1. The molecule has 1 atom stereocenters. The number of carbonyl (C=O) groups excluding carboxylic acids is 2. The molecule has 1 amide bonds. The Bertz CT molecular complexity index is 673. The van der Waals surface area contributed by atoms with Gasteiger partial charge in [0.1, 0.15) is 11.2 Å². The summed E-state index contributed by atoms with van der Waals surface area (Å²) < 4.78 is 4.57. The van der Waals surface area contributed by atoms with Gasteiger partial charge in [0.15, 0.2) is 0 Å². The van der Waals surface area contributed by atoms with Crippen LogP contribution in [0.3, 0.4) is 0 Å². The van der Waals surface area contributed by atoms with E-state index in [2.05, 4.69) is 15.0 Å². The Morgan fingerprint density at radius 2 is 2.05 bits per heavy atom. The summed E-state index contributed by atoms with van der Waals surface area (Å²) in [7, 11) is 1.27. The number of hydrogen-bond donors (Lipinski definition) is 1. The van der Waals surface area contributed by atoms with Crippen molar-refractivity contribution in [1.82, 2.24) is 10.3 Å². The number of halogens is 1. The second-order valence-corrected chi connectivity index (χ2v) is 4.62. The molecular weight excluding hydrogens is 280 g/mol. The number of rotatable bonds is 3. The van der Waals surface area contributed by atoms with Gasteiger partial charge < -0.3 is 10.1 Å². The molecule has 1 aromatic heterocycles. The van der Waals surface area contributed by atoms with Gasteiger partial charge in [0.2, 0.25) is 0 Å². The highest BCUT2D eigenvalue weighted by Crippen LogP contribution is 2.20. The second kappa shape index (κ2) is 5.88. The van der Waals surface area contributed by atoms with E-state index in [1.807, 2.05) is 6.07 Å². The molecule has 0 aliphatic heterocycles. The molecule has 1 N–H and O–H groups in total. The van der Waals surface area contributed by atoms with Crippen LogP contribution in [0.25, 0.3) is 10.9 Å². The van der Waals surface area contributed by atoms with Gasteiger partial charge in [-0.05, 0) is 19.1 Å². The lowest BCUT2D eigenvalue weighted by Crippen LogP contribution is -2.39. The normalized spacial score (nSPS) is 11.9. The van der Waals surface area contributed by atoms with Crippen LogP contribution < -0.4 is 5.32 Å². The van der Waals surface area contributed by atoms with Crippen LogP contribution in [0.5, 0.6) is 0 Å². The van der Waals surface area contributed by atoms with Crippen molar-refractivity contribution < 1.29 is 14.3 Å². The third kappa shape index (κ3) is 2.88. The van der Waals surface area contributed by atoms with E-state index in [9.17, 15) is 9.59 Å². The van der Waals surface area contributed by atoms with Gasteiger partial charge in [0.25, 0.3) is 5.91 Å². The van der Waals surface area contributed by atoms with Gasteiger partial charge in [-0.3, -0.25) is 4.79 Å². The van der Waals surface area contributed by atoms with E-state index in [4.69, 9.17) is 11.6 Å². The standard InChI is InChI=1S/C14H13ClN2O3/c1-8(14(19)20-2)16-13(18)10-7-12(15)17-11-6-4-3-5-9(10)11/h3-8H,1-2H3,(H,16,18)/t8-/m0/s1. The second-order valence-electron chi connectivity index (χ2n) is 4.23. The predicted octanol–water partition coefficient (Wildman–Crippen LogP) is 2.18. The van der Waals surface area contributed by atoms with Gasteiger partial charge >= 0.3 is 5.97 Å². The van der Waals surface area contributed by atoms with Crippen molar-refractivity contribution in [2.24, 2.45) is 0 Å². The Morgan fingerprint density at radius 3 is 2.75 bits per heavy atom. The minimum absolute atomic E-state index is 0.222. The summed E-state index contributed by atoms with van der Waals surface area (Å²) in [4.78, 5) is 27.7. The van der Waals surface area contributed by atoms with Gasteiger partial charge in [0, 0.05) is 5.39 Å². The molecule has 104 valence electrons. The quantitative estimate of drug-likeness (QED) is 0.695. The number of carbonyl (C=O) groups is 2. The number of fused-ring (bicyclic) bond motifs is 1. The Balaban J connectivity index is 2.37. The Morgan fingerprint density at radius 1 is 1.35 bits per heavy atom. The summed E-state index contributed by atoms with van der Waals surface area (Å²) >= 11 is 5.91. The molecule has 0 fully saturated rings. The number of ether oxygens (including phenoxy) is 1. The lowest BCUT2D eigenvalue weighted by atomic mass is 10.1. The van der Waals surface area contributed by atoms with Crippen LogP contribution in [-0.2, 0) is 9.53 Å². The average molecular weight is 293 g/mol. The maximum absolute atomic E-state index is 12.2. The van der Waals surface area contributed by atoms with E-state index in [1.54, 1.807) is 25.1 Å². The third-order valence-corrected chi connectivity index (χ3v) is 3.03. The summed E-state index contributed by atoms with van der Waals surface area (Å²) in [6.07, 6.45) is 0. The Kier molecular flexibility index (Phi) is 4.20. The number of hydrogen-bond acceptors (Lipinski definition) is 4. The lowest BCUT2D eigenvalue weighted by Gasteiger charge is -2.12. The third-order valence-electron chi connectivity index (χ3n) is 2.83. The zero-order chi connectivity index (χ0) is 14.7. The van der Waals surface area contributed by atoms with Gasteiger partial charge in [-0.1, -0.05) is 29.8 Å². The van der Waals surface area contributed by atoms with Crippen molar-refractivity contribution in [2.45, 2.75) is 13.0 Å². The molecule has 1 aromatic carbocycles. The van der Waals surface area contributed by atoms with Crippen molar-refractivity contribution >= 4 is 34.4 Å². The average Bonchev–Trinajstić information content (AvgIpc) is 2.45. The number of esters is 1. The number of aromatic nitrogens is 1. The molecule has 0 aliphatic carbocycles. The van der Waals surface area contributed by atoms with E-state index in [-0.39, 0.29) is 5.15 Å². The predicted molar refractivity (Wildman–Crippen MR) is 75.7 cm³/mol. The van der Waals surface area contributed by atoms with Crippen LogP contribution in [0.15, 0.2) is 30.3 Å². The van der Waals surface area contributed by atoms with Crippen LogP contribution in [0.2, 0.25) is 5.15 Å². The van der Waals surface area contributed by atoms with Crippen molar-refractivity contribution in [3.63, 3.8) is 0 Å². The van der Waals surface area contributed by atoms with Crippen molar-refractivity contribution in [3.05, 3.63) is 41.0 Å². The smallest absolute Gasteiger partial charge is 0.328 e. The maximum Gasteiger partial charge on any atom is 0.328 e. The van der Waals surface area contributed by atoms with Crippen LogP contribution in [0.1, 0.15) is 17.3 Å². The molecule has 0 spiro atoms. The van der Waals surface area contributed by atoms with Crippen LogP contribution in [0.4, 0.5) is 0 Å². The van der Waals surface area contributed by atoms with E-state index in [0.717, 1.165) is 0 Å². The molecule has 20 heavy (non-hydrogen) atoms. The summed E-state index contributed by atoms with van der Waals surface area (Å²) in [6.45, 7) is 1.55. The van der Waals surface area contributed by atoms with E-state index in [0.29, 0.717) is 16.5 Å². The number of pyridine rings is 1. The minimum Gasteiger partial charge on any atom is -0.467 e. The first-order chi connectivity index (χ1) is 9.52.